The fourth-order valence-electron chi connectivity index (χ4n) is 2.00. The van der Waals surface area contributed by atoms with Crippen molar-refractivity contribution in [1.82, 2.24) is 10.6 Å². The molecule has 1 aliphatic rings. The molecule has 4 nitrogen and oxygen atoms in total. The first-order valence-corrected chi connectivity index (χ1v) is 6.67. The number of nitrogens with one attached hydrogen (secondary N) is 2. The molecule has 1 aliphatic heterocycles. The largest absolute Gasteiger partial charge is 0.381 e. The molecule has 0 aliphatic carbocycles. The third kappa shape index (κ3) is 5.50. The van der Waals surface area contributed by atoms with Crippen molar-refractivity contribution in [3.63, 3.8) is 0 Å². The summed E-state index contributed by atoms with van der Waals surface area (Å²) < 4.78 is 5.46. The Kier molecular flexibility index (Phi) is 6.52. The molecule has 17 heavy (non-hydrogen) atoms. The predicted molar refractivity (Wildman–Crippen MR) is 68.8 cm³/mol. The summed E-state index contributed by atoms with van der Waals surface area (Å²) in [6.07, 6.45) is 0.896. The first-order valence-electron chi connectivity index (χ1n) is 6.67. The van der Waals surface area contributed by atoms with Gasteiger partial charge in [0.15, 0.2) is 0 Å². The maximum absolute atomic E-state index is 11.8. The Morgan fingerprint density at radius 1 is 1.47 bits per heavy atom. The maximum Gasteiger partial charge on any atom is 0.224 e. The zero-order chi connectivity index (χ0) is 12.7. The topological polar surface area (TPSA) is 50.4 Å². The first kappa shape index (κ1) is 14.5. The molecule has 0 aromatic rings. The number of hydrogen-bond acceptors (Lipinski definition) is 3. The summed E-state index contributed by atoms with van der Waals surface area (Å²) in [7, 11) is 0. The Hall–Kier alpha value is -0.610. The van der Waals surface area contributed by atoms with Gasteiger partial charge in [0.1, 0.15) is 0 Å². The number of carbonyl (C=O) groups is 1. The molecular weight excluding hydrogens is 216 g/mol. The van der Waals surface area contributed by atoms with Gasteiger partial charge in [-0.3, -0.25) is 4.79 Å². The summed E-state index contributed by atoms with van der Waals surface area (Å²) in [5.41, 5.74) is 0. The van der Waals surface area contributed by atoms with Crippen molar-refractivity contribution >= 4 is 5.91 Å². The standard InChI is InChI=1S/C13H26N2O2/c1-10(2)9-17-6-4-5-15-13(16)12-8-14-7-11(12)3/h10-12,14H,4-9H2,1-3H3,(H,15,16). The molecule has 100 valence electrons. The van der Waals surface area contributed by atoms with Crippen LogP contribution in [0.4, 0.5) is 0 Å². The second kappa shape index (κ2) is 7.67. The van der Waals surface area contributed by atoms with Crippen molar-refractivity contribution in [2.75, 3.05) is 32.8 Å². The number of ether oxygens (including phenoxy) is 1. The van der Waals surface area contributed by atoms with E-state index < -0.39 is 0 Å². The second-order valence-electron chi connectivity index (χ2n) is 5.36. The van der Waals surface area contributed by atoms with E-state index in [-0.39, 0.29) is 11.8 Å². The highest BCUT2D eigenvalue weighted by Gasteiger charge is 2.28. The van der Waals surface area contributed by atoms with Crippen LogP contribution in [0, 0.1) is 17.8 Å². The molecule has 0 saturated carbocycles. The first-order chi connectivity index (χ1) is 8.11. The van der Waals surface area contributed by atoms with Crippen LogP contribution >= 0.6 is 0 Å². The van der Waals surface area contributed by atoms with Crippen molar-refractivity contribution in [2.24, 2.45) is 17.8 Å². The van der Waals surface area contributed by atoms with Crippen LogP contribution in [0.2, 0.25) is 0 Å². The highest BCUT2D eigenvalue weighted by Crippen LogP contribution is 2.15. The van der Waals surface area contributed by atoms with Crippen molar-refractivity contribution in [1.29, 1.82) is 0 Å². The van der Waals surface area contributed by atoms with Crippen LogP contribution in [-0.2, 0) is 9.53 Å². The van der Waals surface area contributed by atoms with Gasteiger partial charge in [0, 0.05) is 26.3 Å². The van der Waals surface area contributed by atoms with Gasteiger partial charge in [0.2, 0.25) is 5.91 Å². The summed E-state index contributed by atoms with van der Waals surface area (Å²) in [6, 6.07) is 0. The fourth-order valence-corrected chi connectivity index (χ4v) is 2.00. The Morgan fingerprint density at radius 2 is 2.24 bits per heavy atom. The summed E-state index contributed by atoms with van der Waals surface area (Å²) in [4.78, 5) is 11.8. The quantitative estimate of drug-likeness (QED) is 0.655. The van der Waals surface area contributed by atoms with E-state index in [0.29, 0.717) is 11.8 Å². The molecule has 1 saturated heterocycles. The van der Waals surface area contributed by atoms with E-state index >= 15 is 0 Å². The lowest BCUT2D eigenvalue weighted by Gasteiger charge is -2.14. The van der Waals surface area contributed by atoms with E-state index in [4.69, 9.17) is 4.74 Å². The molecule has 1 amide bonds. The van der Waals surface area contributed by atoms with Gasteiger partial charge in [-0.05, 0) is 24.8 Å². The van der Waals surface area contributed by atoms with Crippen LogP contribution in [-0.4, -0.2) is 38.8 Å². The van der Waals surface area contributed by atoms with Crippen LogP contribution in [0.15, 0.2) is 0 Å². The predicted octanol–water partition coefficient (Wildman–Crippen LogP) is 1.02. The van der Waals surface area contributed by atoms with Gasteiger partial charge in [-0.15, -0.1) is 0 Å². The molecule has 0 spiro atoms. The van der Waals surface area contributed by atoms with E-state index in [0.717, 1.165) is 39.3 Å². The van der Waals surface area contributed by atoms with E-state index in [2.05, 4.69) is 31.4 Å². The van der Waals surface area contributed by atoms with Crippen molar-refractivity contribution in [3.05, 3.63) is 0 Å². The van der Waals surface area contributed by atoms with Gasteiger partial charge in [-0.25, -0.2) is 0 Å². The van der Waals surface area contributed by atoms with Crippen LogP contribution in [0.5, 0.6) is 0 Å². The maximum atomic E-state index is 11.8. The Bertz CT molecular complexity index is 231. The van der Waals surface area contributed by atoms with Crippen molar-refractivity contribution < 1.29 is 9.53 Å². The van der Waals surface area contributed by atoms with Crippen LogP contribution in [0.25, 0.3) is 0 Å². The average molecular weight is 242 g/mol. The summed E-state index contributed by atoms with van der Waals surface area (Å²) in [6.45, 7) is 10.4. The molecule has 2 unspecified atom stereocenters. The number of amides is 1. The van der Waals surface area contributed by atoms with E-state index in [9.17, 15) is 4.79 Å². The van der Waals surface area contributed by atoms with Crippen LogP contribution in [0.1, 0.15) is 27.2 Å². The smallest absolute Gasteiger partial charge is 0.224 e. The van der Waals surface area contributed by atoms with Gasteiger partial charge in [-0.1, -0.05) is 20.8 Å². The number of rotatable bonds is 7. The molecule has 2 atom stereocenters. The lowest BCUT2D eigenvalue weighted by atomic mass is 9.97. The van der Waals surface area contributed by atoms with Crippen LogP contribution < -0.4 is 10.6 Å². The van der Waals surface area contributed by atoms with Crippen molar-refractivity contribution in [3.8, 4) is 0 Å². The van der Waals surface area contributed by atoms with Gasteiger partial charge < -0.3 is 15.4 Å². The zero-order valence-electron chi connectivity index (χ0n) is 11.3. The van der Waals surface area contributed by atoms with Crippen LogP contribution in [0.3, 0.4) is 0 Å². The SMILES string of the molecule is CC(C)COCCCNC(=O)C1CNCC1C. The molecular formula is C13H26N2O2. The molecule has 0 radical (unpaired) electrons. The molecule has 2 N–H and O–H groups in total. The van der Waals surface area contributed by atoms with Gasteiger partial charge in [0.05, 0.1) is 5.92 Å². The molecule has 1 fully saturated rings. The third-order valence-electron chi connectivity index (χ3n) is 3.07. The minimum Gasteiger partial charge on any atom is -0.381 e. The average Bonchev–Trinajstić information content (AvgIpc) is 2.69. The number of hydrogen-bond donors (Lipinski definition) is 2. The summed E-state index contributed by atoms with van der Waals surface area (Å²) >= 11 is 0. The second-order valence-corrected chi connectivity index (χ2v) is 5.36. The summed E-state index contributed by atoms with van der Waals surface area (Å²) in [5.74, 6) is 1.36. The highest BCUT2D eigenvalue weighted by molar-refractivity contribution is 5.79. The summed E-state index contributed by atoms with van der Waals surface area (Å²) in [5, 5.41) is 6.22. The van der Waals surface area contributed by atoms with Gasteiger partial charge >= 0.3 is 0 Å². The van der Waals surface area contributed by atoms with E-state index in [1.807, 2.05) is 0 Å². The van der Waals surface area contributed by atoms with Gasteiger partial charge in [-0.2, -0.15) is 0 Å². The highest BCUT2D eigenvalue weighted by atomic mass is 16.5. The minimum absolute atomic E-state index is 0.145. The lowest BCUT2D eigenvalue weighted by Crippen LogP contribution is -2.35. The third-order valence-corrected chi connectivity index (χ3v) is 3.07. The molecule has 0 aromatic carbocycles. The van der Waals surface area contributed by atoms with Gasteiger partial charge in [0.25, 0.3) is 0 Å². The minimum atomic E-state index is 0.145. The normalized spacial score (nSPS) is 24.2. The Morgan fingerprint density at radius 3 is 2.82 bits per heavy atom. The zero-order valence-corrected chi connectivity index (χ0v) is 11.3. The number of carbonyl (C=O) groups excluding carboxylic acids is 1. The monoisotopic (exact) mass is 242 g/mol. The van der Waals surface area contributed by atoms with Crippen molar-refractivity contribution in [2.45, 2.75) is 27.2 Å². The molecule has 0 aromatic heterocycles. The Balaban J connectivity index is 2.00. The fraction of sp³-hybridized carbons (Fsp3) is 0.923. The van der Waals surface area contributed by atoms with E-state index in [1.54, 1.807) is 0 Å². The molecule has 4 heteroatoms. The van der Waals surface area contributed by atoms with E-state index in [1.165, 1.54) is 0 Å². The molecule has 1 rings (SSSR count). The lowest BCUT2D eigenvalue weighted by molar-refractivity contribution is -0.125. The molecule has 0 bridgehead atoms. The Labute approximate surface area is 104 Å². The molecule has 1 heterocycles.